The molecule has 15 heteroatoms. The highest BCUT2D eigenvalue weighted by atomic mass is 79.9. The average molecular weight is 719 g/mol. The number of hydrogen-bond donors (Lipinski definition) is 1. The van der Waals surface area contributed by atoms with Crippen LogP contribution in [0.15, 0.2) is 82.9 Å². The van der Waals surface area contributed by atoms with Crippen molar-refractivity contribution in [3.05, 3.63) is 94.5 Å². The second kappa shape index (κ2) is 12.8. The second-order valence-electron chi connectivity index (χ2n) is 10.7. The van der Waals surface area contributed by atoms with Gasteiger partial charge in [0.25, 0.3) is 5.91 Å². The first-order valence-corrected chi connectivity index (χ1v) is 15.2. The molecule has 238 valence electrons. The van der Waals surface area contributed by atoms with E-state index in [0.717, 1.165) is 6.07 Å². The van der Waals surface area contributed by atoms with Crippen LogP contribution >= 0.6 is 27.5 Å². The zero-order valence-electron chi connectivity index (χ0n) is 23.7. The van der Waals surface area contributed by atoms with E-state index in [1.165, 1.54) is 11.0 Å². The third-order valence-electron chi connectivity index (χ3n) is 7.72. The number of fused-ring (bicyclic) bond motifs is 2. The van der Waals surface area contributed by atoms with Crippen molar-refractivity contribution in [1.82, 2.24) is 4.90 Å². The molecule has 10 nitrogen and oxygen atoms in total. The molecule has 3 heterocycles. The molecule has 0 unspecified atom stereocenters. The number of nitrogens with one attached hydrogen (secondary N) is 1. The average Bonchev–Trinajstić information content (AvgIpc) is 3.59. The van der Waals surface area contributed by atoms with Gasteiger partial charge in [-0.25, -0.2) is 4.79 Å². The molecule has 0 aromatic heterocycles. The van der Waals surface area contributed by atoms with E-state index in [9.17, 15) is 27.6 Å². The van der Waals surface area contributed by atoms with E-state index >= 15 is 0 Å². The summed E-state index contributed by atoms with van der Waals surface area (Å²) in [6.45, 7) is -0.334. The van der Waals surface area contributed by atoms with Gasteiger partial charge in [-0.3, -0.25) is 19.9 Å². The first-order chi connectivity index (χ1) is 22.0. The quantitative estimate of drug-likeness (QED) is 0.350. The maximum absolute atomic E-state index is 14.1. The molecule has 3 amide bonds. The largest absolute Gasteiger partial charge is 0.446 e. The summed E-state index contributed by atoms with van der Waals surface area (Å²) in [6, 6.07) is 17.5. The van der Waals surface area contributed by atoms with Crippen molar-refractivity contribution in [2.75, 3.05) is 36.5 Å². The van der Waals surface area contributed by atoms with Gasteiger partial charge >= 0.3 is 12.3 Å². The summed E-state index contributed by atoms with van der Waals surface area (Å²) in [5.74, 6) is -1.09. The van der Waals surface area contributed by atoms with Gasteiger partial charge in [0.15, 0.2) is 12.1 Å². The summed E-state index contributed by atoms with van der Waals surface area (Å²) in [5, 5.41) is 5.83. The molecule has 0 saturated carbocycles. The first kappa shape index (κ1) is 31.5. The van der Waals surface area contributed by atoms with E-state index in [2.05, 4.69) is 31.4 Å². The summed E-state index contributed by atoms with van der Waals surface area (Å²) in [7, 11) is 0. The fourth-order valence-corrected chi connectivity index (χ4v) is 6.18. The standard InChI is InChI=1S/C31H24BrClF3N5O5/c32-28-20-13-40(14-25(20)46-39-28)26(42)15-41-24-9-5-4-8-19(24)27(17-6-2-1-3-7-17)37-23(29(41)43)16-45-30(44)38-22-11-10-18(33)12-21(22)31(34,35)36/h1-12,20,23,25H,13-16H2,(H,38,44)/t20-,23+,25+/m0/s1. The van der Waals surface area contributed by atoms with Crippen molar-refractivity contribution in [2.24, 2.45) is 16.1 Å². The zero-order valence-corrected chi connectivity index (χ0v) is 26.1. The number of likely N-dealkylation sites (tertiary alicyclic amines) is 1. The predicted molar refractivity (Wildman–Crippen MR) is 167 cm³/mol. The van der Waals surface area contributed by atoms with Crippen LogP contribution in [0.3, 0.4) is 0 Å². The molecule has 46 heavy (non-hydrogen) atoms. The van der Waals surface area contributed by atoms with Crippen LogP contribution in [0.2, 0.25) is 5.02 Å². The Morgan fingerprint density at radius 3 is 2.54 bits per heavy atom. The number of benzene rings is 3. The second-order valence-corrected chi connectivity index (χ2v) is 11.9. The predicted octanol–water partition coefficient (Wildman–Crippen LogP) is 5.73. The van der Waals surface area contributed by atoms with Gasteiger partial charge in [-0.1, -0.05) is 65.3 Å². The van der Waals surface area contributed by atoms with Gasteiger partial charge in [0.05, 0.1) is 35.1 Å². The number of halogens is 5. The van der Waals surface area contributed by atoms with Gasteiger partial charge in [-0.05, 0) is 40.2 Å². The minimum Gasteiger partial charge on any atom is -0.446 e. The summed E-state index contributed by atoms with van der Waals surface area (Å²) >= 11 is 9.10. The smallest absolute Gasteiger partial charge is 0.418 e. The van der Waals surface area contributed by atoms with Gasteiger partial charge in [0, 0.05) is 22.7 Å². The van der Waals surface area contributed by atoms with Crippen LogP contribution in [0, 0.1) is 5.92 Å². The fourth-order valence-electron chi connectivity index (χ4n) is 5.48. The van der Waals surface area contributed by atoms with E-state index in [4.69, 9.17) is 21.2 Å². The third kappa shape index (κ3) is 6.44. The van der Waals surface area contributed by atoms with Crippen LogP contribution in [0.4, 0.5) is 29.3 Å². The summed E-state index contributed by atoms with van der Waals surface area (Å²) < 4.78 is 46.6. The summed E-state index contributed by atoms with van der Waals surface area (Å²) in [4.78, 5) is 53.4. The molecule has 1 saturated heterocycles. The van der Waals surface area contributed by atoms with Crippen molar-refractivity contribution in [3.63, 3.8) is 0 Å². The molecular formula is C31H24BrClF3N5O5. The van der Waals surface area contributed by atoms with Crippen LogP contribution in [0.5, 0.6) is 0 Å². The number of oxime groups is 1. The highest BCUT2D eigenvalue weighted by Crippen LogP contribution is 2.37. The Hall–Kier alpha value is -4.43. The maximum Gasteiger partial charge on any atom is 0.418 e. The highest BCUT2D eigenvalue weighted by molar-refractivity contribution is 9.18. The number of ether oxygens (including phenoxy) is 1. The molecule has 0 spiro atoms. The number of rotatable bonds is 6. The van der Waals surface area contributed by atoms with Crippen LogP contribution in [-0.4, -0.2) is 71.5 Å². The summed E-state index contributed by atoms with van der Waals surface area (Å²) in [5.41, 5.74) is 0.323. The number of carbonyl (C=O) groups excluding carboxylic acids is 3. The Kier molecular flexibility index (Phi) is 8.75. The van der Waals surface area contributed by atoms with E-state index < -0.39 is 42.1 Å². The molecule has 0 radical (unpaired) electrons. The Bertz CT molecular complexity index is 1760. The molecule has 3 atom stereocenters. The number of amides is 3. The Labute approximate surface area is 273 Å². The lowest BCUT2D eigenvalue weighted by Crippen LogP contribution is -2.47. The van der Waals surface area contributed by atoms with Crippen LogP contribution in [-0.2, 0) is 25.3 Å². The molecule has 0 bridgehead atoms. The Morgan fingerprint density at radius 2 is 1.80 bits per heavy atom. The lowest BCUT2D eigenvalue weighted by atomic mass is 10.0. The zero-order chi connectivity index (χ0) is 32.6. The lowest BCUT2D eigenvalue weighted by molar-refractivity contribution is -0.137. The van der Waals surface area contributed by atoms with Gasteiger partial charge in [0.1, 0.15) is 17.8 Å². The molecule has 3 aliphatic heterocycles. The summed E-state index contributed by atoms with van der Waals surface area (Å²) in [6.07, 6.45) is -6.34. The van der Waals surface area contributed by atoms with E-state index in [1.807, 2.05) is 6.07 Å². The SMILES string of the molecule is O=C(Nc1ccc(Cl)cc1C(F)(F)F)OC[C@H]1N=C(c2ccccc2)c2ccccc2N(CC(=O)N2C[C@@H]3C(Br)=NO[C@@H]3C2)C1=O. The molecule has 0 aliphatic carbocycles. The van der Waals surface area contributed by atoms with Crippen molar-refractivity contribution >= 4 is 67.1 Å². The van der Waals surface area contributed by atoms with Crippen LogP contribution in [0.1, 0.15) is 16.7 Å². The number of benzodiazepines with no additional fused rings is 1. The normalized spacial score (nSPS) is 20.6. The molecule has 1 fully saturated rings. The maximum atomic E-state index is 14.1. The molecule has 1 N–H and O–H groups in total. The first-order valence-electron chi connectivity index (χ1n) is 14.0. The van der Waals surface area contributed by atoms with E-state index in [1.54, 1.807) is 53.4 Å². The number of hydrogen-bond acceptors (Lipinski definition) is 7. The monoisotopic (exact) mass is 717 g/mol. The number of anilines is 2. The topological polar surface area (TPSA) is 113 Å². The van der Waals surface area contributed by atoms with Gasteiger partial charge in [-0.2, -0.15) is 13.2 Å². The van der Waals surface area contributed by atoms with E-state index in [-0.39, 0.29) is 36.0 Å². The van der Waals surface area contributed by atoms with E-state index in [0.29, 0.717) is 39.8 Å². The third-order valence-corrected chi connectivity index (χ3v) is 8.69. The lowest BCUT2D eigenvalue weighted by Gasteiger charge is -2.27. The molecule has 3 aromatic carbocycles. The molecular weight excluding hydrogens is 695 g/mol. The van der Waals surface area contributed by atoms with Crippen LogP contribution < -0.4 is 10.2 Å². The number of alkyl halides is 3. The molecule has 3 aliphatic rings. The number of para-hydroxylation sites is 1. The van der Waals surface area contributed by atoms with Crippen molar-refractivity contribution in [1.29, 1.82) is 0 Å². The molecule has 3 aromatic rings. The van der Waals surface area contributed by atoms with Crippen LogP contribution in [0.25, 0.3) is 0 Å². The Balaban J connectivity index is 1.28. The van der Waals surface area contributed by atoms with Gasteiger partial charge in [-0.15, -0.1) is 0 Å². The Morgan fingerprint density at radius 1 is 1.07 bits per heavy atom. The highest BCUT2D eigenvalue weighted by Gasteiger charge is 2.44. The minimum atomic E-state index is -4.80. The van der Waals surface area contributed by atoms with Gasteiger partial charge in [0.2, 0.25) is 5.91 Å². The minimum absolute atomic E-state index is 0.109. The number of carbonyl (C=O) groups is 3. The van der Waals surface area contributed by atoms with Gasteiger partial charge < -0.3 is 19.4 Å². The van der Waals surface area contributed by atoms with Crippen molar-refractivity contribution in [2.45, 2.75) is 18.3 Å². The van der Waals surface area contributed by atoms with Crippen molar-refractivity contribution in [3.8, 4) is 0 Å². The number of aliphatic imine (C=N–C) groups is 1. The fraction of sp³-hybridized carbons (Fsp3) is 0.258. The van der Waals surface area contributed by atoms with Crippen molar-refractivity contribution < 1.29 is 37.1 Å². The molecule has 6 rings (SSSR count). The number of nitrogens with zero attached hydrogens (tertiary/aromatic N) is 4.